The number of hydrogen-bond acceptors (Lipinski definition) is 2. The molecule has 3 nitrogen and oxygen atoms in total. The molecule has 0 amide bonds. The van der Waals surface area contributed by atoms with Crippen molar-refractivity contribution in [3.05, 3.63) is 48.0 Å². The Morgan fingerprint density at radius 3 is 2.60 bits per heavy atom. The minimum Gasteiger partial charge on any atom is -0.341 e. The van der Waals surface area contributed by atoms with Crippen LogP contribution in [-0.4, -0.2) is 28.9 Å². The number of nitrogens with zero attached hydrogens (tertiary/aromatic N) is 3. The summed E-state index contributed by atoms with van der Waals surface area (Å²) in [6.45, 7) is 3.20. The maximum absolute atomic E-state index is 4.73. The Hall–Kier alpha value is -2.29. The molecule has 0 spiro atoms. The number of benzene rings is 2. The topological polar surface area (TPSA) is 20.5 Å². The van der Waals surface area contributed by atoms with Crippen molar-refractivity contribution in [2.24, 2.45) is 5.10 Å². The lowest BCUT2D eigenvalue weighted by Crippen LogP contribution is -2.29. The van der Waals surface area contributed by atoms with Crippen LogP contribution in [0, 0.1) is 0 Å². The van der Waals surface area contributed by atoms with Gasteiger partial charge in [0.15, 0.2) is 0 Å². The second-order valence-corrected chi connectivity index (χ2v) is 7.15. The molecule has 2 aromatic carbocycles. The maximum atomic E-state index is 4.73. The zero-order valence-corrected chi connectivity index (χ0v) is 15.3. The third-order valence-electron chi connectivity index (χ3n) is 5.60. The van der Waals surface area contributed by atoms with Gasteiger partial charge in [0.05, 0.1) is 6.21 Å². The fourth-order valence-corrected chi connectivity index (χ4v) is 4.20. The lowest BCUT2D eigenvalue weighted by molar-refractivity contribution is 0.200. The molecule has 130 valence electrons. The molecule has 3 heteroatoms. The van der Waals surface area contributed by atoms with Crippen LogP contribution in [0.4, 0.5) is 0 Å². The van der Waals surface area contributed by atoms with E-state index in [0.717, 1.165) is 6.54 Å². The van der Waals surface area contributed by atoms with E-state index >= 15 is 0 Å². The monoisotopic (exact) mass is 333 g/mol. The van der Waals surface area contributed by atoms with Gasteiger partial charge in [0.25, 0.3) is 0 Å². The number of fused-ring (bicyclic) bond motifs is 3. The molecule has 4 rings (SSSR count). The van der Waals surface area contributed by atoms with E-state index in [4.69, 9.17) is 5.10 Å². The quantitative estimate of drug-likeness (QED) is 0.461. The number of rotatable bonds is 4. The van der Waals surface area contributed by atoms with E-state index in [1.54, 1.807) is 0 Å². The standard InChI is InChI=1S/C22H27N3/c1-3-25-21-12-8-7-11-19(21)20-15-17(13-14-22(20)25)16-23-24(2)18-9-5-4-6-10-18/h7-8,11-16,18H,3-6,9-10H2,1-2H3/b23-16+. The van der Waals surface area contributed by atoms with Crippen molar-refractivity contribution in [1.82, 2.24) is 9.58 Å². The molecular formula is C22H27N3. The fraction of sp³-hybridized carbons (Fsp3) is 0.409. The summed E-state index contributed by atoms with van der Waals surface area (Å²) in [4.78, 5) is 0. The first-order chi connectivity index (χ1) is 12.3. The van der Waals surface area contributed by atoms with E-state index in [1.165, 1.54) is 59.5 Å². The summed E-state index contributed by atoms with van der Waals surface area (Å²) in [6.07, 6.45) is 8.63. The Labute approximate surface area is 149 Å². The first kappa shape index (κ1) is 16.2. The summed E-state index contributed by atoms with van der Waals surface area (Å²) < 4.78 is 2.39. The summed E-state index contributed by atoms with van der Waals surface area (Å²) >= 11 is 0. The molecular weight excluding hydrogens is 306 g/mol. The van der Waals surface area contributed by atoms with Gasteiger partial charge in [0.2, 0.25) is 0 Å². The van der Waals surface area contributed by atoms with E-state index in [1.807, 2.05) is 6.21 Å². The Balaban J connectivity index is 1.67. The number of hydrogen-bond donors (Lipinski definition) is 0. The van der Waals surface area contributed by atoms with Crippen LogP contribution in [0.15, 0.2) is 47.6 Å². The Kier molecular flexibility index (Phi) is 4.48. The van der Waals surface area contributed by atoms with Crippen LogP contribution in [0.5, 0.6) is 0 Å². The van der Waals surface area contributed by atoms with Gasteiger partial charge in [-0.05, 0) is 43.5 Å². The summed E-state index contributed by atoms with van der Waals surface area (Å²) in [7, 11) is 2.12. The zero-order chi connectivity index (χ0) is 17.2. The molecule has 1 heterocycles. The van der Waals surface area contributed by atoms with Gasteiger partial charge in [-0.3, -0.25) is 5.01 Å². The molecule has 1 aliphatic rings. The zero-order valence-electron chi connectivity index (χ0n) is 15.3. The first-order valence-electron chi connectivity index (χ1n) is 9.55. The van der Waals surface area contributed by atoms with E-state index in [9.17, 15) is 0 Å². The highest BCUT2D eigenvalue weighted by atomic mass is 15.4. The van der Waals surface area contributed by atoms with Gasteiger partial charge >= 0.3 is 0 Å². The van der Waals surface area contributed by atoms with Crippen molar-refractivity contribution in [2.75, 3.05) is 7.05 Å². The molecule has 0 saturated heterocycles. The SMILES string of the molecule is CCn1c2ccccc2c2cc(/C=N/N(C)C3CCCCC3)ccc21. The number of para-hydroxylation sites is 1. The normalized spacial score (nSPS) is 16.2. The number of aromatic nitrogens is 1. The highest BCUT2D eigenvalue weighted by Gasteiger charge is 2.16. The Morgan fingerprint density at radius 2 is 1.80 bits per heavy atom. The molecule has 0 unspecified atom stereocenters. The molecule has 0 aliphatic heterocycles. The summed E-state index contributed by atoms with van der Waals surface area (Å²) in [6, 6.07) is 16.0. The predicted octanol–water partition coefficient (Wildman–Crippen LogP) is 5.41. The lowest BCUT2D eigenvalue weighted by atomic mass is 9.95. The molecule has 0 radical (unpaired) electrons. The van der Waals surface area contributed by atoms with Crippen molar-refractivity contribution in [3.63, 3.8) is 0 Å². The van der Waals surface area contributed by atoms with E-state index in [0.29, 0.717) is 6.04 Å². The van der Waals surface area contributed by atoms with E-state index in [2.05, 4.69) is 66.0 Å². The van der Waals surface area contributed by atoms with Gasteiger partial charge in [-0.1, -0.05) is 43.5 Å². The van der Waals surface area contributed by atoms with Crippen molar-refractivity contribution >= 4 is 28.0 Å². The predicted molar refractivity (Wildman–Crippen MR) is 107 cm³/mol. The van der Waals surface area contributed by atoms with Gasteiger partial charge in [0.1, 0.15) is 0 Å². The molecule has 25 heavy (non-hydrogen) atoms. The van der Waals surface area contributed by atoms with Crippen LogP contribution in [0.1, 0.15) is 44.6 Å². The summed E-state index contributed by atoms with van der Waals surface area (Å²) in [5.74, 6) is 0. The number of aryl methyl sites for hydroxylation is 1. The average Bonchev–Trinajstić information content (AvgIpc) is 3.00. The highest BCUT2D eigenvalue weighted by Crippen LogP contribution is 2.29. The smallest absolute Gasteiger partial charge is 0.0543 e. The largest absolute Gasteiger partial charge is 0.341 e. The summed E-state index contributed by atoms with van der Waals surface area (Å²) in [5.41, 5.74) is 3.80. The second kappa shape index (κ2) is 6.91. The molecule has 0 N–H and O–H groups in total. The second-order valence-electron chi connectivity index (χ2n) is 7.15. The van der Waals surface area contributed by atoms with Gasteiger partial charge in [-0.15, -0.1) is 0 Å². The van der Waals surface area contributed by atoms with E-state index < -0.39 is 0 Å². The summed E-state index contributed by atoms with van der Waals surface area (Å²) in [5, 5.41) is 9.55. The van der Waals surface area contributed by atoms with Crippen LogP contribution in [0.25, 0.3) is 21.8 Å². The van der Waals surface area contributed by atoms with E-state index in [-0.39, 0.29) is 0 Å². The van der Waals surface area contributed by atoms with Gasteiger partial charge in [-0.25, -0.2) is 0 Å². The van der Waals surface area contributed by atoms with Crippen LogP contribution in [-0.2, 0) is 6.54 Å². The third-order valence-corrected chi connectivity index (χ3v) is 5.60. The van der Waals surface area contributed by atoms with Crippen LogP contribution in [0.2, 0.25) is 0 Å². The van der Waals surface area contributed by atoms with Crippen molar-refractivity contribution in [3.8, 4) is 0 Å². The molecule has 0 bridgehead atoms. The molecule has 1 aromatic heterocycles. The first-order valence-corrected chi connectivity index (χ1v) is 9.55. The third kappa shape index (κ3) is 3.04. The van der Waals surface area contributed by atoms with Crippen molar-refractivity contribution in [1.29, 1.82) is 0 Å². The minimum atomic E-state index is 0.607. The minimum absolute atomic E-state index is 0.607. The molecule has 1 fully saturated rings. The maximum Gasteiger partial charge on any atom is 0.0543 e. The fourth-order valence-electron chi connectivity index (χ4n) is 4.20. The molecule has 0 atom stereocenters. The van der Waals surface area contributed by atoms with Crippen molar-refractivity contribution < 1.29 is 0 Å². The van der Waals surface area contributed by atoms with Gasteiger partial charge in [0, 0.05) is 41.4 Å². The van der Waals surface area contributed by atoms with Crippen LogP contribution >= 0.6 is 0 Å². The van der Waals surface area contributed by atoms with Crippen LogP contribution in [0.3, 0.4) is 0 Å². The van der Waals surface area contributed by atoms with Gasteiger partial charge in [-0.2, -0.15) is 5.10 Å². The highest BCUT2D eigenvalue weighted by molar-refractivity contribution is 6.09. The molecule has 1 aliphatic carbocycles. The molecule has 1 saturated carbocycles. The average molecular weight is 333 g/mol. The Bertz CT molecular complexity index is 900. The lowest BCUT2D eigenvalue weighted by Gasteiger charge is -2.28. The van der Waals surface area contributed by atoms with Gasteiger partial charge < -0.3 is 4.57 Å². The van der Waals surface area contributed by atoms with Crippen LogP contribution < -0.4 is 0 Å². The van der Waals surface area contributed by atoms with Crippen molar-refractivity contribution in [2.45, 2.75) is 51.6 Å². The molecule has 3 aromatic rings. The Morgan fingerprint density at radius 1 is 1.04 bits per heavy atom. The number of hydrazone groups is 1.